The Hall–Kier alpha value is -5.67. The Bertz CT molecular complexity index is 2450. The van der Waals surface area contributed by atoms with Gasteiger partial charge in [-0.05, 0) is 80.0 Å². The minimum Gasteiger partial charge on any atom is -0.209 e. The summed E-state index contributed by atoms with van der Waals surface area (Å²) in [7, 11) is 0. The van der Waals surface area contributed by atoms with Gasteiger partial charge in [0.1, 0.15) is 0 Å². The summed E-state index contributed by atoms with van der Waals surface area (Å²) in [5.41, 5.74) is 13.6. The van der Waals surface area contributed by atoms with Gasteiger partial charge in [-0.3, -0.25) is 0 Å². The minimum absolute atomic E-state index is 0.177. The first kappa shape index (κ1) is 27.1. The van der Waals surface area contributed by atoms with Crippen LogP contribution in [-0.4, -0.2) is 15.0 Å². The molecule has 15 rings (SSSR count). The van der Waals surface area contributed by atoms with E-state index in [1.807, 2.05) is 0 Å². The van der Waals surface area contributed by atoms with Crippen LogP contribution in [-0.2, 0) is 5.41 Å². The molecule has 4 unspecified atom stereocenters. The van der Waals surface area contributed by atoms with Gasteiger partial charge in [0.15, 0.2) is 17.5 Å². The van der Waals surface area contributed by atoms with Crippen molar-refractivity contribution in [3.05, 3.63) is 186 Å². The van der Waals surface area contributed by atoms with E-state index >= 15 is 0 Å². The average Bonchev–Trinajstić information content (AvgIpc) is 4.06. The third-order valence-electron chi connectivity index (χ3n) is 13.4. The molecule has 4 aromatic carbocycles. The molecule has 0 saturated heterocycles. The first-order chi connectivity index (χ1) is 25.3. The maximum absolute atomic E-state index is 5.48. The van der Waals surface area contributed by atoms with Gasteiger partial charge in [0.2, 0.25) is 0 Å². The molecule has 0 N–H and O–H groups in total. The number of hydrogen-bond donors (Lipinski definition) is 0. The Kier molecular flexibility index (Phi) is 4.97. The summed E-state index contributed by atoms with van der Waals surface area (Å²) in [6.07, 6.45) is 24.2. The molecule has 0 amide bonds. The largest absolute Gasteiger partial charge is 0.209 e. The molecule has 1 aromatic heterocycles. The van der Waals surface area contributed by atoms with Crippen LogP contribution in [0.4, 0.5) is 0 Å². The summed E-state index contributed by atoms with van der Waals surface area (Å²) < 4.78 is 0. The predicted octanol–water partition coefficient (Wildman–Crippen LogP) is 9.88. The van der Waals surface area contributed by atoms with Crippen LogP contribution in [0.3, 0.4) is 0 Å². The highest BCUT2D eigenvalue weighted by atomic mass is 15.0. The molecule has 2 fully saturated rings. The number of hydrogen-bond acceptors (Lipinski definition) is 3. The Morgan fingerprint density at radius 2 is 0.765 bits per heavy atom. The van der Waals surface area contributed by atoms with Gasteiger partial charge in [0, 0.05) is 28.5 Å². The van der Waals surface area contributed by atoms with Crippen LogP contribution in [0.1, 0.15) is 33.9 Å². The molecule has 8 bridgehead atoms. The molecule has 240 valence electrons. The Morgan fingerprint density at radius 3 is 1.29 bits per heavy atom. The molecule has 0 radical (unpaired) electrons. The summed E-state index contributed by atoms with van der Waals surface area (Å²) in [5, 5.41) is 0. The Morgan fingerprint density at radius 1 is 0.353 bits per heavy atom. The number of fused-ring (bicyclic) bond motifs is 10. The van der Waals surface area contributed by atoms with Crippen molar-refractivity contribution < 1.29 is 0 Å². The van der Waals surface area contributed by atoms with E-state index in [9.17, 15) is 0 Å². The quantitative estimate of drug-likeness (QED) is 0.179. The second-order valence-corrected chi connectivity index (χ2v) is 15.7. The third kappa shape index (κ3) is 3.38. The lowest BCUT2D eigenvalue weighted by molar-refractivity contribution is 0.794. The van der Waals surface area contributed by atoms with E-state index in [1.54, 1.807) is 0 Å². The van der Waals surface area contributed by atoms with Crippen LogP contribution in [0.2, 0.25) is 0 Å². The zero-order valence-corrected chi connectivity index (χ0v) is 27.9. The molecule has 5 aromatic rings. The molecule has 10 aliphatic carbocycles. The molecule has 0 aliphatic heterocycles. The summed E-state index contributed by atoms with van der Waals surface area (Å²) in [5.74, 6) is 6.24. The predicted molar refractivity (Wildman–Crippen MR) is 202 cm³/mol. The lowest BCUT2D eigenvalue weighted by atomic mass is 9.70. The van der Waals surface area contributed by atoms with Crippen molar-refractivity contribution in [1.82, 2.24) is 15.0 Å². The summed E-state index contributed by atoms with van der Waals surface area (Å²) in [6, 6.07) is 33.9. The normalized spacial score (nSPS) is 30.4. The van der Waals surface area contributed by atoms with E-state index in [2.05, 4.69) is 152 Å². The summed E-state index contributed by atoms with van der Waals surface area (Å²) in [4.78, 5) is 16.4. The van der Waals surface area contributed by atoms with E-state index in [-0.39, 0.29) is 11.8 Å². The van der Waals surface area contributed by atoms with Crippen molar-refractivity contribution in [2.45, 2.75) is 5.41 Å². The molecular formula is C48H33N3. The molecule has 2 saturated carbocycles. The van der Waals surface area contributed by atoms with Gasteiger partial charge in [0.25, 0.3) is 0 Å². The molecule has 3 heteroatoms. The van der Waals surface area contributed by atoms with Crippen molar-refractivity contribution in [3.8, 4) is 33.6 Å². The van der Waals surface area contributed by atoms with Crippen LogP contribution < -0.4 is 0 Å². The fraction of sp³-hybridized carbons (Fsp3) is 0.188. The zero-order chi connectivity index (χ0) is 33.0. The highest BCUT2D eigenvalue weighted by molar-refractivity contribution is 5.99. The number of aromatic nitrogens is 3. The maximum Gasteiger partial charge on any atom is 0.164 e. The van der Waals surface area contributed by atoms with Crippen molar-refractivity contribution >= 4 is 11.1 Å². The van der Waals surface area contributed by atoms with Crippen molar-refractivity contribution in [2.24, 2.45) is 47.3 Å². The molecule has 51 heavy (non-hydrogen) atoms. The van der Waals surface area contributed by atoms with Crippen LogP contribution in [0.5, 0.6) is 0 Å². The molecular weight excluding hydrogens is 619 g/mol. The van der Waals surface area contributed by atoms with E-state index in [1.165, 1.54) is 55.7 Å². The lowest BCUT2D eigenvalue weighted by Crippen LogP contribution is -2.25. The molecule has 1 spiro atoms. The van der Waals surface area contributed by atoms with Gasteiger partial charge in [-0.2, -0.15) is 0 Å². The average molecular weight is 652 g/mol. The smallest absolute Gasteiger partial charge is 0.164 e. The number of rotatable bonds is 3. The van der Waals surface area contributed by atoms with Crippen LogP contribution in [0, 0.1) is 47.3 Å². The first-order valence-electron chi connectivity index (χ1n) is 18.6. The van der Waals surface area contributed by atoms with Gasteiger partial charge >= 0.3 is 0 Å². The zero-order valence-electron chi connectivity index (χ0n) is 27.9. The highest BCUT2D eigenvalue weighted by Crippen LogP contribution is 2.64. The fourth-order valence-electron chi connectivity index (χ4n) is 10.9. The Labute approximate surface area is 297 Å². The lowest BCUT2D eigenvalue weighted by Gasteiger charge is -2.30. The summed E-state index contributed by atoms with van der Waals surface area (Å²) >= 11 is 0. The standard InChI is InChI=1S/C48H33N3/c1-4-12-40-32(8-1)33-9-2-5-13-41(33)48(40)42-14-6-3-10-34(42)44-35(11-7-15-43(44)48)45-49-46(36-24-38-28-20-16-26(36)17-21-29(28)38)51-47(50-45)37-25-39-30-22-18-27(37)19-23-31(30)39/h1-31,38-39H. The van der Waals surface area contributed by atoms with Gasteiger partial charge in [0.05, 0.1) is 5.41 Å². The van der Waals surface area contributed by atoms with Crippen LogP contribution in [0.15, 0.2) is 152 Å². The Balaban J connectivity index is 1.08. The highest BCUT2D eigenvalue weighted by Gasteiger charge is 2.53. The van der Waals surface area contributed by atoms with Crippen molar-refractivity contribution in [3.63, 3.8) is 0 Å². The second-order valence-electron chi connectivity index (χ2n) is 15.7. The number of allylic oxidation sites excluding steroid dienone is 12. The van der Waals surface area contributed by atoms with Crippen molar-refractivity contribution in [2.75, 3.05) is 0 Å². The number of nitrogens with zero attached hydrogens (tertiary/aromatic N) is 3. The topological polar surface area (TPSA) is 38.7 Å². The third-order valence-corrected chi connectivity index (χ3v) is 13.4. The molecule has 3 nitrogen and oxygen atoms in total. The van der Waals surface area contributed by atoms with Crippen LogP contribution in [0.25, 0.3) is 44.8 Å². The van der Waals surface area contributed by atoms with E-state index < -0.39 is 5.41 Å². The minimum atomic E-state index is -0.410. The van der Waals surface area contributed by atoms with Gasteiger partial charge in [-0.15, -0.1) is 0 Å². The molecule has 10 aliphatic rings. The molecule has 4 atom stereocenters. The molecule has 1 heterocycles. The van der Waals surface area contributed by atoms with Crippen molar-refractivity contribution in [1.29, 1.82) is 0 Å². The van der Waals surface area contributed by atoms with Crippen LogP contribution >= 0.6 is 0 Å². The van der Waals surface area contributed by atoms with E-state index in [4.69, 9.17) is 15.0 Å². The van der Waals surface area contributed by atoms with E-state index in [0.717, 1.165) is 23.0 Å². The maximum atomic E-state index is 5.48. The monoisotopic (exact) mass is 651 g/mol. The van der Waals surface area contributed by atoms with E-state index in [0.29, 0.717) is 35.5 Å². The SMILES string of the molecule is C1=CC2C3C=CC1C(c1nc(C4=CC5C6C=CC4C=CC65)nc(-c4cccc5c4-c4ccccc4C54c5ccccc5-c5ccccc54)n1)=CC23. The number of benzene rings is 4. The second kappa shape index (κ2) is 9.35. The summed E-state index contributed by atoms with van der Waals surface area (Å²) in [6.45, 7) is 0. The van der Waals surface area contributed by atoms with Gasteiger partial charge in [-0.25, -0.2) is 15.0 Å². The fourth-order valence-corrected chi connectivity index (χ4v) is 10.9. The van der Waals surface area contributed by atoms with Gasteiger partial charge < -0.3 is 0 Å². The van der Waals surface area contributed by atoms with Gasteiger partial charge in [-0.1, -0.05) is 152 Å². The first-order valence-corrected chi connectivity index (χ1v) is 18.6.